The van der Waals surface area contributed by atoms with E-state index in [0.717, 1.165) is 37.1 Å². The Kier molecular flexibility index (Phi) is 6.44. The maximum absolute atomic E-state index is 11.2. The van der Waals surface area contributed by atoms with Gasteiger partial charge >= 0.3 is 0 Å². The van der Waals surface area contributed by atoms with Crippen LogP contribution < -0.4 is 5.48 Å². The average Bonchev–Trinajstić information content (AvgIpc) is 3.40. The molecule has 0 bridgehead atoms. The summed E-state index contributed by atoms with van der Waals surface area (Å²) < 4.78 is 0. The molecule has 3 aromatic rings. The topological polar surface area (TPSA) is 81.2 Å². The number of H-pyrrole nitrogens is 1. The van der Waals surface area contributed by atoms with Gasteiger partial charge in [0, 0.05) is 41.4 Å². The second-order valence-electron chi connectivity index (χ2n) is 9.55. The molecule has 0 radical (unpaired) electrons. The van der Waals surface area contributed by atoms with E-state index in [1.807, 2.05) is 24.4 Å². The smallest absolute Gasteiger partial charge is 0.267 e. The summed E-state index contributed by atoms with van der Waals surface area (Å²) in [6, 6.07) is 13.0. The lowest BCUT2D eigenvalue weighted by molar-refractivity contribution is -0.124. The zero-order chi connectivity index (χ0) is 22.7. The molecular weight excluding hydrogens is 400 g/mol. The third-order valence-electron chi connectivity index (χ3n) is 6.30. The van der Waals surface area contributed by atoms with Crippen LogP contribution in [0.25, 0.3) is 17.1 Å². The lowest BCUT2D eigenvalue weighted by Gasteiger charge is -2.26. The number of nitrogens with zero attached hydrogens (tertiary/aromatic N) is 2. The molecular formula is C26H32N4O2. The van der Waals surface area contributed by atoms with Gasteiger partial charge in [-0.05, 0) is 60.7 Å². The number of benzene rings is 1. The van der Waals surface area contributed by atoms with Crippen LogP contribution in [0.5, 0.6) is 0 Å². The van der Waals surface area contributed by atoms with Crippen LogP contribution in [0.1, 0.15) is 62.0 Å². The largest absolute Gasteiger partial charge is 0.343 e. The molecule has 1 aliphatic heterocycles. The number of carbonyl (C=O) groups excluding carboxylic acids is 1. The Bertz CT molecular complexity index is 1110. The van der Waals surface area contributed by atoms with Gasteiger partial charge in [0.25, 0.3) is 5.91 Å². The maximum atomic E-state index is 11.2. The number of hydrogen-bond acceptors (Lipinski definition) is 4. The van der Waals surface area contributed by atoms with Crippen molar-refractivity contribution >= 4 is 23.0 Å². The number of nitrogens with one attached hydrogen (secondary N) is 2. The molecule has 2 aromatic heterocycles. The van der Waals surface area contributed by atoms with Gasteiger partial charge in [0.1, 0.15) is 5.65 Å². The van der Waals surface area contributed by atoms with Crippen molar-refractivity contribution in [2.75, 3.05) is 13.1 Å². The van der Waals surface area contributed by atoms with Gasteiger partial charge in [-0.3, -0.25) is 14.9 Å². The number of hydroxylamine groups is 1. The number of fused-ring (bicyclic) bond motifs is 1. The van der Waals surface area contributed by atoms with Crippen LogP contribution in [0.2, 0.25) is 0 Å². The number of carbonyl (C=O) groups is 1. The molecule has 0 spiro atoms. The monoisotopic (exact) mass is 432 g/mol. The van der Waals surface area contributed by atoms with Gasteiger partial charge in [-0.2, -0.15) is 0 Å². The molecule has 32 heavy (non-hydrogen) atoms. The summed E-state index contributed by atoms with van der Waals surface area (Å²) in [5, 5.41) is 9.84. The van der Waals surface area contributed by atoms with Crippen molar-refractivity contribution in [2.45, 2.75) is 51.5 Å². The molecule has 1 aromatic carbocycles. The van der Waals surface area contributed by atoms with Crippen molar-refractivity contribution in [2.24, 2.45) is 0 Å². The number of aromatic nitrogens is 2. The third kappa shape index (κ3) is 4.76. The molecule has 3 N–H and O–H groups in total. The maximum Gasteiger partial charge on any atom is 0.267 e. The Morgan fingerprint density at radius 1 is 1.28 bits per heavy atom. The van der Waals surface area contributed by atoms with Crippen LogP contribution in [-0.2, 0) is 16.6 Å². The Labute approximate surface area is 189 Å². The Morgan fingerprint density at radius 2 is 2.06 bits per heavy atom. The minimum Gasteiger partial charge on any atom is -0.343 e. The molecule has 6 nitrogen and oxygen atoms in total. The van der Waals surface area contributed by atoms with Gasteiger partial charge in [0.2, 0.25) is 0 Å². The highest BCUT2D eigenvalue weighted by molar-refractivity contribution is 5.90. The van der Waals surface area contributed by atoms with Crippen molar-refractivity contribution in [3.05, 3.63) is 71.1 Å². The van der Waals surface area contributed by atoms with Crippen molar-refractivity contribution in [3.8, 4) is 0 Å². The fourth-order valence-corrected chi connectivity index (χ4v) is 4.74. The number of hydrogen-bond donors (Lipinski definition) is 3. The average molecular weight is 433 g/mol. The molecule has 0 saturated carbocycles. The zero-order valence-electron chi connectivity index (χ0n) is 19.1. The summed E-state index contributed by atoms with van der Waals surface area (Å²) in [4.78, 5) is 21.9. The second kappa shape index (κ2) is 9.27. The third-order valence-corrected chi connectivity index (χ3v) is 6.30. The molecule has 4 rings (SSSR count). The second-order valence-corrected chi connectivity index (χ2v) is 9.55. The van der Waals surface area contributed by atoms with E-state index in [1.54, 1.807) is 11.6 Å². The molecule has 6 heteroatoms. The SMILES string of the molecule is CC(C)(C)c1[nH]c2ncccc2c1CCN1CCCC1c1ccc(C=CC(=O)NO)cc1. The van der Waals surface area contributed by atoms with Gasteiger partial charge in [-0.15, -0.1) is 0 Å². The van der Waals surface area contributed by atoms with E-state index in [4.69, 9.17) is 5.21 Å². The van der Waals surface area contributed by atoms with E-state index in [-0.39, 0.29) is 5.41 Å². The summed E-state index contributed by atoms with van der Waals surface area (Å²) in [5.41, 5.74) is 7.53. The van der Waals surface area contributed by atoms with Gasteiger partial charge in [0.15, 0.2) is 0 Å². The highest BCUT2D eigenvalue weighted by Crippen LogP contribution is 2.34. The molecule has 0 aliphatic carbocycles. The molecule has 1 amide bonds. The van der Waals surface area contributed by atoms with Crippen LogP contribution in [0.3, 0.4) is 0 Å². The predicted molar refractivity (Wildman–Crippen MR) is 127 cm³/mol. The van der Waals surface area contributed by atoms with Gasteiger partial charge in [-0.25, -0.2) is 10.5 Å². The van der Waals surface area contributed by atoms with Crippen molar-refractivity contribution in [3.63, 3.8) is 0 Å². The van der Waals surface area contributed by atoms with E-state index in [9.17, 15) is 4.79 Å². The number of aromatic amines is 1. The van der Waals surface area contributed by atoms with E-state index >= 15 is 0 Å². The predicted octanol–water partition coefficient (Wildman–Crippen LogP) is 4.76. The van der Waals surface area contributed by atoms with E-state index in [0.29, 0.717) is 6.04 Å². The molecule has 1 fully saturated rings. The van der Waals surface area contributed by atoms with Crippen LogP contribution >= 0.6 is 0 Å². The molecule has 1 saturated heterocycles. The quantitative estimate of drug-likeness (QED) is 0.298. The highest BCUT2D eigenvalue weighted by Gasteiger charge is 2.28. The lowest BCUT2D eigenvalue weighted by Crippen LogP contribution is -2.26. The van der Waals surface area contributed by atoms with Crippen LogP contribution in [0.4, 0.5) is 0 Å². The van der Waals surface area contributed by atoms with Crippen molar-refractivity contribution < 1.29 is 10.0 Å². The number of rotatable bonds is 6. The van der Waals surface area contributed by atoms with Crippen LogP contribution in [0, 0.1) is 0 Å². The molecule has 168 valence electrons. The van der Waals surface area contributed by atoms with Gasteiger partial charge < -0.3 is 4.98 Å². The summed E-state index contributed by atoms with van der Waals surface area (Å²) >= 11 is 0. The first-order valence-corrected chi connectivity index (χ1v) is 11.3. The first-order valence-electron chi connectivity index (χ1n) is 11.3. The standard InChI is InChI=1S/C26H32N4O2/c1-26(2,3)24-20(21-6-4-15-27-25(21)28-24)14-17-30-16-5-7-22(30)19-11-8-18(9-12-19)10-13-23(31)29-32/h4,6,8-13,15,22,32H,5,7,14,16-17H2,1-3H3,(H,27,28)(H,29,31). The highest BCUT2D eigenvalue weighted by atomic mass is 16.5. The first-order chi connectivity index (χ1) is 15.4. The Balaban J connectivity index is 1.50. The minimum atomic E-state index is -0.529. The van der Waals surface area contributed by atoms with E-state index in [1.165, 1.54) is 34.7 Å². The van der Waals surface area contributed by atoms with Crippen molar-refractivity contribution in [1.29, 1.82) is 0 Å². The molecule has 1 atom stereocenters. The molecule has 1 aliphatic rings. The fraction of sp³-hybridized carbons (Fsp3) is 0.385. The number of pyridine rings is 1. The van der Waals surface area contributed by atoms with Crippen molar-refractivity contribution in [1.82, 2.24) is 20.3 Å². The Morgan fingerprint density at radius 3 is 2.78 bits per heavy atom. The minimum absolute atomic E-state index is 0.0384. The number of likely N-dealkylation sites (tertiary alicyclic amines) is 1. The summed E-state index contributed by atoms with van der Waals surface area (Å²) in [5.74, 6) is -0.529. The summed E-state index contributed by atoms with van der Waals surface area (Å²) in [7, 11) is 0. The fourth-order valence-electron chi connectivity index (χ4n) is 4.74. The first kappa shape index (κ1) is 22.2. The van der Waals surface area contributed by atoms with Crippen LogP contribution in [-0.4, -0.2) is 39.1 Å². The summed E-state index contributed by atoms with van der Waals surface area (Å²) in [6.45, 7) is 8.86. The Hall–Kier alpha value is -2.96. The van der Waals surface area contributed by atoms with E-state index < -0.39 is 5.91 Å². The molecule has 3 heterocycles. The van der Waals surface area contributed by atoms with Gasteiger partial charge in [0.05, 0.1) is 0 Å². The molecule has 1 unspecified atom stereocenters. The number of amides is 1. The lowest BCUT2D eigenvalue weighted by atomic mass is 9.88. The van der Waals surface area contributed by atoms with E-state index in [2.05, 4.69) is 53.8 Å². The zero-order valence-corrected chi connectivity index (χ0v) is 19.1. The van der Waals surface area contributed by atoms with Gasteiger partial charge in [-0.1, -0.05) is 45.0 Å². The van der Waals surface area contributed by atoms with Crippen LogP contribution in [0.15, 0.2) is 48.7 Å². The summed E-state index contributed by atoms with van der Waals surface area (Å²) in [6.07, 6.45) is 8.21. The normalized spacial score (nSPS) is 17.4.